The molecule has 6 nitrogen and oxygen atoms in total. The molecule has 7 heteroatoms. The molecular weight excluding hydrogens is 288 g/mol. The second-order valence-electron chi connectivity index (χ2n) is 5.15. The molecule has 1 heterocycles. The van der Waals surface area contributed by atoms with Crippen molar-refractivity contribution in [2.75, 3.05) is 30.6 Å². The molecule has 114 valence electrons. The van der Waals surface area contributed by atoms with Crippen LogP contribution in [-0.2, 0) is 23.4 Å². The Balaban J connectivity index is 2.07. The highest BCUT2D eigenvalue weighted by molar-refractivity contribution is 7.90. The molecule has 1 aromatic carbocycles. The van der Waals surface area contributed by atoms with E-state index in [1.165, 1.54) is 6.26 Å². The molecule has 1 aromatic heterocycles. The van der Waals surface area contributed by atoms with Crippen molar-refractivity contribution < 1.29 is 8.42 Å². The summed E-state index contributed by atoms with van der Waals surface area (Å²) < 4.78 is 24.8. The summed E-state index contributed by atoms with van der Waals surface area (Å²) in [7, 11) is 2.71. The van der Waals surface area contributed by atoms with E-state index < -0.39 is 9.84 Å². The highest BCUT2D eigenvalue weighted by Crippen LogP contribution is 2.16. The van der Waals surface area contributed by atoms with Gasteiger partial charge in [0.1, 0.15) is 0 Å². The predicted molar refractivity (Wildman–Crippen MR) is 84.4 cm³/mol. The molecule has 2 rings (SSSR count). The number of hydrogen-bond acceptors (Lipinski definition) is 5. The van der Waals surface area contributed by atoms with Gasteiger partial charge in [-0.3, -0.25) is 0 Å². The van der Waals surface area contributed by atoms with Gasteiger partial charge in [0.25, 0.3) is 0 Å². The summed E-state index contributed by atoms with van der Waals surface area (Å²) in [6.45, 7) is 0.621. The molecular formula is C14H20N4O2S. The SMILES string of the molecule is CN(C)c1ncc(CNc2ccc(S(C)(=O)=O)cc2)n1C. The van der Waals surface area contributed by atoms with Gasteiger partial charge in [0.2, 0.25) is 5.95 Å². The van der Waals surface area contributed by atoms with Crippen molar-refractivity contribution in [2.45, 2.75) is 11.4 Å². The summed E-state index contributed by atoms with van der Waals surface area (Å²) in [5.74, 6) is 0.888. The lowest BCUT2D eigenvalue weighted by Gasteiger charge is -2.13. The first-order valence-corrected chi connectivity index (χ1v) is 8.40. The van der Waals surface area contributed by atoms with E-state index in [4.69, 9.17) is 0 Å². The standard InChI is InChI=1S/C14H20N4O2S/c1-17(2)14-16-10-12(18(14)3)9-15-11-5-7-13(8-6-11)21(4,19)20/h5-8,10,15H,9H2,1-4H3. The predicted octanol–water partition coefficient (Wildman–Crippen LogP) is 1.50. The number of rotatable bonds is 5. The summed E-state index contributed by atoms with van der Waals surface area (Å²) in [4.78, 5) is 6.61. The maximum Gasteiger partial charge on any atom is 0.204 e. The Bertz CT molecular complexity index is 718. The van der Waals surface area contributed by atoms with E-state index in [1.54, 1.807) is 24.3 Å². The zero-order valence-electron chi connectivity index (χ0n) is 12.7. The van der Waals surface area contributed by atoms with Gasteiger partial charge in [0.15, 0.2) is 9.84 Å². The zero-order chi connectivity index (χ0) is 15.6. The summed E-state index contributed by atoms with van der Waals surface area (Å²) in [5.41, 5.74) is 1.92. The fourth-order valence-corrected chi connectivity index (χ4v) is 2.66. The van der Waals surface area contributed by atoms with E-state index in [9.17, 15) is 8.42 Å². The van der Waals surface area contributed by atoms with Crippen molar-refractivity contribution >= 4 is 21.5 Å². The van der Waals surface area contributed by atoms with Crippen LogP contribution in [0.5, 0.6) is 0 Å². The molecule has 0 bridgehead atoms. The van der Waals surface area contributed by atoms with E-state index in [-0.39, 0.29) is 0 Å². The number of sulfone groups is 1. The van der Waals surface area contributed by atoms with Crippen molar-refractivity contribution in [1.29, 1.82) is 0 Å². The molecule has 0 aliphatic carbocycles. The highest BCUT2D eigenvalue weighted by atomic mass is 32.2. The van der Waals surface area contributed by atoms with E-state index in [0.29, 0.717) is 11.4 Å². The quantitative estimate of drug-likeness (QED) is 0.906. The first-order chi connectivity index (χ1) is 9.79. The molecule has 0 atom stereocenters. The number of imidazole rings is 1. The molecule has 0 unspecified atom stereocenters. The maximum absolute atomic E-state index is 11.4. The molecule has 0 radical (unpaired) electrons. The van der Waals surface area contributed by atoms with E-state index in [0.717, 1.165) is 17.3 Å². The number of hydrogen-bond donors (Lipinski definition) is 1. The average Bonchev–Trinajstić information content (AvgIpc) is 2.77. The fourth-order valence-electron chi connectivity index (χ4n) is 2.03. The lowest BCUT2D eigenvalue weighted by Crippen LogP contribution is -2.15. The lowest BCUT2D eigenvalue weighted by molar-refractivity contribution is 0.602. The van der Waals surface area contributed by atoms with Crippen molar-refractivity contribution in [3.63, 3.8) is 0 Å². The Morgan fingerprint density at radius 2 is 1.86 bits per heavy atom. The molecule has 0 saturated heterocycles. The van der Waals surface area contributed by atoms with Gasteiger partial charge in [0.05, 0.1) is 23.3 Å². The van der Waals surface area contributed by atoms with Crippen LogP contribution in [0.1, 0.15) is 5.69 Å². The fraction of sp³-hybridized carbons (Fsp3) is 0.357. The molecule has 1 N–H and O–H groups in total. The molecule has 21 heavy (non-hydrogen) atoms. The van der Waals surface area contributed by atoms with Crippen LogP contribution in [0.15, 0.2) is 35.4 Å². The van der Waals surface area contributed by atoms with Gasteiger partial charge in [-0.15, -0.1) is 0 Å². The first kappa shape index (κ1) is 15.4. The first-order valence-electron chi connectivity index (χ1n) is 6.51. The molecule has 0 spiro atoms. The summed E-state index contributed by atoms with van der Waals surface area (Å²) in [6, 6.07) is 6.73. The number of anilines is 2. The van der Waals surface area contributed by atoms with Gasteiger partial charge in [0, 0.05) is 33.1 Å². The number of nitrogens with one attached hydrogen (secondary N) is 1. The third-order valence-corrected chi connectivity index (χ3v) is 4.34. The Morgan fingerprint density at radius 3 is 2.33 bits per heavy atom. The van der Waals surface area contributed by atoms with E-state index in [1.807, 2.05) is 36.8 Å². The van der Waals surface area contributed by atoms with Crippen LogP contribution in [0.25, 0.3) is 0 Å². The summed E-state index contributed by atoms with van der Waals surface area (Å²) in [5, 5.41) is 3.26. The highest BCUT2D eigenvalue weighted by Gasteiger charge is 2.08. The second-order valence-corrected chi connectivity index (χ2v) is 7.17. The lowest BCUT2D eigenvalue weighted by atomic mass is 10.3. The molecule has 0 fully saturated rings. The summed E-state index contributed by atoms with van der Waals surface area (Å²) >= 11 is 0. The monoisotopic (exact) mass is 308 g/mol. The molecule has 0 amide bonds. The van der Waals surface area contributed by atoms with Crippen molar-refractivity contribution in [1.82, 2.24) is 9.55 Å². The van der Waals surface area contributed by atoms with Gasteiger partial charge >= 0.3 is 0 Å². The van der Waals surface area contributed by atoms with Crippen LogP contribution >= 0.6 is 0 Å². The molecule has 0 saturated carbocycles. The van der Waals surface area contributed by atoms with Gasteiger partial charge in [-0.05, 0) is 24.3 Å². The minimum Gasteiger partial charge on any atom is -0.379 e. The largest absolute Gasteiger partial charge is 0.379 e. The maximum atomic E-state index is 11.4. The van der Waals surface area contributed by atoms with Crippen LogP contribution in [-0.4, -0.2) is 38.3 Å². The average molecular weight is 308 g/mol. The van der Waals surface area contributed by atoms with Crippen LogP contribution in [0, 0.1) is 0 Å². The van der Waals surface area contributed by atoms with Crippen molar-refractivity contribution in [3.8, 4) is 0 Å². The minimum absolute atomic E-state index is 0.323. The minimum atomic E-state index is -3.15. The smallest absolute Gasteiger partial charge is 0.204 e. The Labute approximate surface area is 125 Å². The van der Waals surface area contributed by atoms with E-state index >= 15 is 0 Å². The Kier molecular flexibility index (Phi) is 4.22. The number of nitrogens with zero attached hydrogens (tertiary/aromatic N) is 3. The Morgan fingerprint density at radius 1 is 1.24 bits per heavy atom. The van der Waals surface area contributed by atoms with Gasteiger partial charge < -0.3 is 14.8 Å². The normalized spacial score (nSPS) is 11.4. The van der Waals surface area contributed by atoms with E-state index in [2.05, 4.69) is 10.3 Å². The molecule has 0 aliphatic rings. The van der Waals surface area contributed by atoms with Crippen LogP contribution < -0.4 is 10.2 Å². The van der Waals surface area contributed by atoms with Gasteiger partial charge in [-0.1, -0.05) is 0 Å². The van der Waals surface area contributed by atoms with Crippen LogP contribution in [0.3, 0.4) is 0 Å². The number of benzene rings is 1. The van der Waals surface area contributed by atoms with Crippen LogP contribution in [0.4, 0.5) is 11.6 Å². The van der Waals surface area contributed by atoms with Crippen LogP contribution in [0.2, 0.25) is 0 Å². The van der Waals surface area contributed by atoms with Crippen molar-refractivity contribution in [3.05, 3.63) is 36.2 Å². The summed E-state index contributed by atoms with van der Waals surface area (Å²) in [6.07, 6.45) is 3.03. The van der Waals surface area contributed by atoms with Gasteiger partial charge in [-0.2, -0.15) is 0 Å². The topological polar surface area (TPSA) is 67.2 Å². The zero-order valence-corrected chi connectivity index (χ0v) is 13.5. The molecule has 0 aliphatic heterocycles. The van der Waals surface area contributed by atoms with Crippen molar-refractivity contribution in [2.24, 2.45) is 7.05 Å². The third kappa shape index (κ3) is 3.55. The second kappa shape index (κ2) is 5.77. The third-order valence-electron chi connectivity index (χ3n) is 3.22. The Hall–Kier alpha value is -2.02. The molecule has 2 aromatic rings. The number of aromatic nitrogens is 2. The van der Waals surface area contributed by atoms with Gasteiger partial charge in [-0.25, -0.2) is 13.4 Å².